The predicted molar refractivity (Wildman–Crippen MR) is 52.8 cm³/mol. The monoisotopic (exact) mass is 231 g/mol. The van der Waals surface area contributed by atoms with Crippen LogP contribution in [-0.4, -0.2) is 25.2 Å². The lowest BCUT2D eigenvalue weighted by molar-refractivity contribution is -0.147. The second-order valence-corrected chi connectivity index (χ2v) is 4.99. The van der Waals surface area contributed by atoms with Gasteiger partial charge in [0.05, 0.1) is 11.8 Å². The molecule has 1 aliphatic carbocycles. The number of carbonyl (C=O) groups is 1. The van der Waals surface area contributed by atoms with Crippen LogP contribution in [0.4, 0.5) is 0 Å². The first-order valence-electron chi connectivity index (χ1n) is 4.76. The Bertz CT molecular complexity index is 353. The van der Waals surface area contributed by atoms with E-state index in [4.69, 9.17) is 10.4 Å². The van der Waals surface area contributed by atoms with E-state index in [0.29, 0.717) is 12.8 Å². The van der Waals surface area contributed by atoms with E-state index in [0.717, 1.165) is 0 Å². The maximum atomic E-state index is 10.9. The average molecular weight is 231 g/mol. The first-order chi connectivity index (χ1) is 7.00. The first kappa shape index (κ1) is 12.0. The largest absolute Gasteiger partial charge is 0.480 e. The zero-order valence-electron chi connectivity index (χ0n) is 8.18. The number of carboxylic acids is 1. The van der Waals surface area contributed by atoms with Crippen LogP contribution in [0.25, 0.3) is 0 Å². The summed E-state index contributed by atoms with van der Waals surface area (Å²) in [6, 6.07) is 1.84. The Morgan fingerprint density at radius 3 is 2.33 bits per heavy atom. The highest BCUT2D eigenvalue weighted by molar-refractivity contribution is 7.72. The van der Waals surface area contributed by atoms with E-state index in [9.17, 15) is 13.2 Å². The third-order valence-electron chi connectivity index (χ3n) is 2.99. The first-order valence-corrected chi connectivity index (χ1v) is 6.13. The van der Waals surface area contributed by atoms with Crippen LogP contribution in [0.2, 0.25) is 0 Å². The van der Waals surface area contributed by atoms with E-state index >= 15 is 0 Å². The molecule has 0 radical (unpaired) electrons. The highest BCUT2D eigenvalue weighted by atomic mass is 32.2. The molecule has 0 amide bonds. The minimum atomic E-state index is -2.40. The van der Waals surface area contributed by atoms with Gasteiger partial charge in [-0.1, -0.05) is 0 Å². The number of nitrogens with zero attached hydrogens (tertiary/aromatic N) is 1. The maximum absolute atomic E-state index is 10.9. The smallest absolute Gasteiger partial charge is 0.324 e. The minimum absolute atomic E-state index is 0.0203. The summed E-state index contributed by atoms with van der Waals surface area (Å²) in [7, 11) is -2.40. The second-order valence-electron chi connectivity index (χ2n) is 3.96. The summed E-state index contributed by atoms with van der Waals surface area (Å²) in [6.07, 6.45) is 1.52. The Labute approximate surface area is 89.7 Å². The molecule has 6 heteroatoms. The highest BCUT2D eigenvalue weighted by Gasteiger charge is 2.42. The molecule has 1 aliphatic rings. The molecular formula is C9H13NO4S. The maximum Gasteiger partial charge on any atom is 0.324 e. The number of hydrogen-bond donors (Lipinski definition) is 2. The zero-order valence-corrected chi connectivity index (χ0v) is 9.07. The quantitative estimate of drug-likeness (QED) is 0.685. The van der Waals surface area contributed by atoms with Crippen LogP contribution in [0.3, 0.4) is 0 Å². The van der Waals surface area contributed by atoms with Crippen molar-refractivity contribution in [2.24, 2.45) is 11.3 Å². The summed E-state index contributed by atoms with van der Waals surface area (Å²) in [5.41, 5.74) is -1.29. The number of aliphatic carboxylic acids is 1. The number of nitriles is 1. The van der Waals surface area contributed by atoms with Gasteiger partial charge in [0.1, 0.15) is 10.7 Å². The van der Waals surface area contributed by atoms with Crippen LogP contribution in [0.5, 0.6) is 0 Å². The van der Waals surface area contributed by atoms with Crippen LogP contribution < -0.4 is 0 Å². The molecule has 0 heterocycles. The van der Waals surface area contributed by atoms with E-state index < -0.39 is 22.1 Å². The third kappa shape index (κ3) is 2.69. The molecule has 0 spiro atoms. The molecule has 5 nitrogen and oxygen atoms in total. The lowest BCUT2D eigenvalue weighted by Crippen LogP contribution is -2.34. The van der Waals surface area contributed by atoms with Gasteiger partial charge < -0.3 is 5.11 Å². The molecule has 1 fully saturated rings. The number of hydrogen-bond acceptors (Lipinski definition) is 4. The lowest BCUT2D eigenvalue weighted by Gasteiger charge is -2.30. The molecule has 0 aliphatic heterocycles. The third-order valence-corrected chi connectivity index (χ3v) is 3.80. The van der Waals surface area contributed by atoms with Crippen LogP contribution in [0.1, 0.15) is 25.7 Å². The lowest BCUT2D eigenvalue weighted by atomic mass is 9.72. The van der Waals surface area contributed by atoms with Crippen molar-refractivity contribution in [2.75, 3.05) is 5.75 Å². The zero-order chi connectivity index (χ0) is 11.5. The number of carboxylic acid groups (broad SMARTS) is 1. The summed E-state index contributed by atoms with van der Waals surface area (Å²) in [6.45, 7) is 0. The summed E-state index contributed by atoms with van der Waals surface area (Å²) in [5, 5.41) is 17.7. The Kier molecular flexibility index (Phi) is 3.69. The van der Waals surface area contributed by atoms with E-state index in [1.807, 2.05) is 6.07 Å². The predicted octanol–water partition coefficient (Wildman–Crippen LogP) is 0.383. The second kappa shape index (κ2) is 4.62. The molecule has 0 atom stereocenters. The molecule has 0 saturated heterocycles. The van der Waals surface area contributed by atoms with Crippen molar-refractivity contribution < 1.29 is 18.3 Å². The molecule has 0 bridgehead atoms. The van der Waals surface area contributed by atoms with Crippen molar-refractivity contribution in [2.45, 2.75) is 25.7 Å². The van der Waals surface area contributed by atoms with Gasteiger partial charge in [0.25, 0.3) is 0 Å². The summed E-state index contributed by atoms with van der Waals surface area (Å²) >= 11 is 0. The standard InChI is InChI=1S/C9H13NO4S/c10-6-9(8(11)12)3-1-7(2-4-9)5-15(13)14/h7,15H,1-5H2,(H,11,12). The molecule has 0 unspecified atom stereocenters. The molecule has 1 N–H and O–H groups in total. The fourth-order valence-electron chi connectivity index (χ4n) is 1.94. The van der Waals surface area contributed by atoms with Gasteiger partial charge in [-0.2, -0.15) is 5.26 Å². The Morgan fingerprint density at radius 1 is 1.47 bits per heavy atom. The van der Waals surface area contributed by atoms with Crippen LogP contribution >= 0.6 is 0 Å². The fourth-order valence-corrected chi connectivity index (χ4v) is 2.72. The van der Waals surface area contributed by atoms with E-state index in [2.05, 4.69) is 0 Å². The summed E-state index contributed by atoms with van der Waals surface area (Å²) < 4.78 is 21.0. The molecular weight excluding hydrogens is 218 g/mol. The molecule has 0 aromatic rings. The van der Waals surface area contributed by atoms with Crippen LogP contribution in [0, 0.1) is 22.7 Å². The van der Waals surface area contributed by atoms with Crippen LogP contribution in [-0.2, 0) is 15.5 Å². The van der Waals surface area contributed by atoms with Gasteiger partial charge in [0.2, 0.25) is 0 Å². The van der Waals surface area contributed by atoms with Gasteiger partial charge in [0.15, 0.2) is 5.41 Å². The van der Waals surface area contributed by atoms with Gasteiger partial charge in [0, 0.05) is 0 Å². The molecule has 1 saturated carbocycles. The topological polar surface area (TPSA) is 95.2 Å². The summed E-state index contributed by atoms with van der Waals surface area (Å²) in [5.74, 6) is -0.960. The number of thiol groups is 1. The SMILES string of the molecule is N#CC1(C(=O)O)CCC(C[SH](=O)=O)CC1. The van der Waals surface area contributed by atoms with Crippen molar-refractivity contribution in [1.29, 1.82) is 5.26 Å². The van der Waals surface area contributed by atoms with Crippen molar-refractivity contribution >= 4 is 16.7 Å². The van der Waals surface area contributed by atoms with Crippen molar-refractivity contribution in [1.82, 2.24) is 0 Å². The normalized spacial score (nSPS) is 31.1. The minimum Gasteiger partial charge on any atom is -0.480 e. The van der Waals surface area contributed by atoms with E-state index in [1.54, 1.807) is 0 Å². The van der Waals surface area contributed by atoms with E-state index in [-0.39, 0.29) is 24.5 Å². The molecule has 0 aromatic heterocycles. The highest BCUT2D eigenvalue weighted by Crippen LogP contribution is 2.38. The molecule has 15 heavy (non-hydrogen) atoms. The van der Waals surface area contributed by atoms with Gasteiger partial charge in [-0.3, -0.25) is 4.79 Å². The van der Waals surface area contributed by atoms with E-state index in [1.165, 1.54) is 0 Å². The Balaban J connectivity index is 2.62. The Morgan fingerprint density at radius 2 is 2.00 bits per heavy atom. The van der Waals surface area contributed by atoms with Gasteiger partial charge >= 0.3 is 5.97 Å². The fraction of sp³-hybridized carbons (Fsp3) is 0.778. The van der Waals surface area contributed by atoms with Gasteiger partial charge in [-0.05, 0) is 31.6 Å². The van der Waals surface area contributed by atoms with Crippen molar-refractivity contribution in [3.8, 4) is 6.07 Å². The van der Waals surface area contributed by atoms with Crippen molar-refractivity contribution in [3.05, 3.63) is 0 Å². The van der Waals surface area contributed by atoms with Gasteiger partial charge in [-0.15, -0.1) is 0 Å². The van der Waals surface area contributed by atoms with Crippen LogP contribution in [0.15, 0.2) is 0 Å². The van der Waals surface area contributed by atoms with Crippen molar-refractivity contribution in [3.63, 3.8) is 0 Å². The number of rotatable bonds is 3. The molecule has 84 valence electrons. The Hall–Kier alpha value is -1.09. The molecule has 0 aromatic carbocycles. The summed E-state index contributed by atoms with van der Waals surface area (Å²) in [4.78, 5) is 10.9. The average Bonchev–Trinajstić information content (AvgIpc) is 2.18. The molecule has 1 rings (SSSR count). The van der Waals surface area contributed by atoms with Gasteiger partial charge in [-0.25, -0.2) is 8.42 Å².